The summed E-state index contributed by atoms with van der Waals surface area (Å²) in [6, 6.07) is 7.09. The Balaban J connectivity index is 1.80. The number of fused-ring (bicyclic) bond motifs is 1. The Hall–Kier alpha value is -2.31. The fraction of sp³-hybridized carbons (Fsp3) is 0.524. The van der Waals surface area contributed by atoms with Crippen LogP contribution in [0.25, 0.3) is 5.69 Å². The minimum absolute atomic E-state index is 0.0389. The van der Waals surface area contributed by atoms with Gasteiger partial charge in [0.2, 0.25) is 5.91 Å². The van der Waals surface area contributed by atoms with Crippen molar-refractivity contribution in [1.82, 2.24) is 14.7 Å². The van der Waals surface area contributed by atoms with Crippen LogP contribution in [0, 0.1) is 0 Å². The molecular formula is C21H26F3N3O. The molecule has 0 bridgehead atoms. The number of carbonyl (C=O) groups is 1. The Morgan fingerprint density at radius 2 is 1.86 bits per heavy atom. The van der Waals surface area contributed by atoms with Crippen LogP contribution in [0.3, 0.4) is 0 Å². The largest absolute Gasteiger partial charge is 0.435 e. The van der Waals surface area contributed by atoms with Crippen molar-refractivity contribution in [2.75, 3.05) is 13.6 Å². The molecule has 2 aromatic rings. The van der Waals surface area contributed by atoms with Crippen LogP contribution in [0.4, 0.5) is 13.2 Å². The van der Waals surface area contributed by atoms with Crippen molar-refractivity contribution in [1.29, 1.82) is 0 Å². The zero-order chi connectivity index (χ0) is 20.3. The second kappa shape index (κ2) is 8.37. The Labute approximate surface area is 163 Å². The summed E-state index contributed by atoms with van der Waals surface area (Å²) < 4.78 is 41.5. The second-order valence-electron chi connectivity index (χ2n) is 7.40. The fourth-order valence-electron chi connectivity index (χ4n) is 3.62. The maximum atomic E-state index is 13.4. The predicted molar refractivity (Wildman–Crippen MR) is 101 cm³/mol. The van der Waals surface area contributed by atoms with E-state index in [0.29, 0.717) is 29.8 Å². The molecule has 1 aromatic carbocycles. The normalized spacial score (nSPS) is 14.0. The topological polar surface area (TPSA) is 38.1 Å². The van der Waals surface area contributed by atoms with Crippen molar-refractivity contribution in [3.63, 3.8) is 0 Å². The van der Waals surface area contributed by atoms with Crippen molar-refractivity contribution >= 4 is 5.91 Å². The minimum Gasteiger partial charge on any atom is -0.345 e. The number of amides is 1. The molecule has 0 N–H and O–H groups in total. The van der Waals surface area contributed by atoms with E-state index in [4.69, 9.17) is 0 Å². The lowest BCUT2D eigenvalue weighted by atomic mass is 9.95. The molecule has 1 amide bonds. The van der Waals surface area contributed by atoms with Crippen LogP contribution in [-0.2, 0) is 30.2 Å². The third-order valence-corrected chi connectivity index (χ3v) is 5.26. The van der Waals surface area contributed by atoms with Gasteiger partial charge in [-0.05, 0) is 49.8 Å². The number of hydrogen-bond acceptors (Lipinski definition) is 2. The highest BCUT2D eigenvalue weighted by Gasteiger charge is 2.39. The van der Waals surface area contributed by atoms with Crippen LogP contribution < -0.4 is 0 Å². The third-order valence-electron chi connectivity index (χ3n) is 5.26. The van der Waals surface area contributed by atoms with E-state index in [1.807, 2.05) is 0 Å². The van der Waals surface area contributed by atoms with Gasteiger partial charge < -0.3 is 4.90 Å². The van der Waals surface area contributed by atoms with Gasteiger partial charge in [-0.1, -0.05) is 25.5 Å². The molecule has 0 radical (unpaired) electrons. The number of nitrogens with zero attached hydrogens (tertiary/aromatic N) is 3. The van der Waals surface area contributed by atoms with Gasteiger partial charge in [-0.15, -0.1) is 0 Å². The third kappa shape index (κ3) is 4.39. The summed E-state index contributed by atoms with van der Waals surface area (Å²) >= 11 is 0. The lowest BCUT2D eigenvalue weighted by Crippen LogP contribution is -2.29. The molecule has 0 spiro atoms. The van der Waals surface area contributed by atoms with Gasteiger partial charge in [0.15, 0.2) is 5.69 Å². The van der Waals surface area contributed by atoms with Gasteiger partial charge in [0.05, 0.1) is 12.1 Å². The van der Waals surface area contributed by atoms with E-state index in [2.05, 4.69) is 12.0 Å². The smallest absolute Gasteiger partial charge is 0.345 e. The standard InChI is InChI=1S/C21H26F3N3O/c1-3-4-13-26(2)19(28)14-15-9-11-16(12-10-15)27-18-8-6-5-7-17(18)20(25-27)21(22,23)24/h9-12H,3-8,13-14H2,1-2H3. The van der Waals surface area contributed by atoms with Gasteiger partial charge in [0.1, 0.15) is 0 Å². The summed E-state index contributed by atoms with van der Waals surface area (Å²) in [6.07, 6.45) is 0.476. The van der Waals surface area contributed by atoms with E-state index in [9.17, 15) is 18.0 Å². The number of aromatic nitrogens is 2. The van der Waals surface area contributed by atoms with Crippen LogP contribution in [0.2, 0.25) is 0 Å². The molecule has 0 aliphatic heterocycles. The number of alkyl halides is 3. The zero-order valence-corrected chi connectivity index (χ0v) is 16.4. The van der Waals surface area contributed by atoms with Gasteiger partial charge in [-0.25, -0.2) is 4.68 Å². The van der Waals surface area contributed by atoms with Crippen molar-refractivity contribution in [2.45, 2.75) is 58.0 Å². The van der Waals surface area contributed by atoms with E-state index in [0.717, 1.165) is 37.8 Å². The SMILES string of the molecule is CCCCN(C)C(=O)Cc1ccc(-n2nc(C(F)(F)F)c3c2CCCC3)cc1. The number of rotatable bonds is 6. The Kier molecular flexibility index (Phi) is 6.10. The monoisotopic (exact) mass is 393 g/mol. The zero-order valence-electron chi connectivity index (χ0n) is 16.4. The van der Waals surface area contributed by atoms with Crippen molar-refractivity contribution in [3.05, 3.63) is 46.8 Å². The van der Waals surface area contributed by atoms with Crippen molar-refractivity contribution in [3.8, 4) is 5.69 Å². The summed E-state index contributed by atoms with van der Waals surface area (Å²) in [5, 5.41) is 3.90. The van der Waals surface area contributed by atoms with Gasteiger partial charge in [-0.3, -0.25) is 4.79 Å². The molecule has 7 heteroatoms. The number of hydrogen-bond donors (Lipinski definition) is 0. The maximum absolute atomic E-state index is 13.4. The predicted octanol–water partition coefficient (Wildman–Crippen LogP) is 4.57. The molecule has 1 aromatic heterocycles. The van der Waals surface area contributed by atoms with Crippen molar-refractivity contribution in [2.24, 2.45) is 0 Å². The van der Waals surface area contributed by atoms with Crippen LogP contribution in [0.15, 0.2) is 24.3 Å². The highest BCUT2D eigenvalue weighted by Crippen LogP contribution is 2.36. The summed E-state index contributed by atoms with van der Waals surface area (Å²) in [7, 11) is 1.79. The van der Waals surface area contributed by atoms with Gasteiger partial charge in [-0.2, -0.15) is 18.3 Å². The number of likely N-dealkylation sites (N-methyl/N-ethyl adjacent to an activating group) is 1. The molecule has 0 fully saturated rings. The first-order valence-corrected chi connectivity index (χ1v) is 9.82. The maximum Gasteiger partial charge on any atom is 0.435 e. The number of unbranched alkanes of at least 4 members (excludes halogenated alkanes) is 1. The Morgan fingerprint density at radius 1 is 1.18 bits per heavy atom. The van der Waals surface area contributed by atoms with E-state index in [1.54, 1.807) is 36.2 Å². The van der Waals surface area contributed by atoms with Gasteiger partial charge in [0, 0.05) is 24.8 Å². The molecule has 1 aliphatic carbocycles. The van der Waals surface area contributed by atoms with Crippen molar-refractivity contribution < 1.29 is 18.0 Å². The fourth-order valence-corrected chi connectivity index (χ4v) is 3.62. The summed E-state index contributed by atoms with van der Waals surface area (Å²) in [5.41, 5.74) is 1.66. The molecule has 3 rings (SSSR count). The van der Waals surface area contributed by atoms with E-state index >= 15 is 0 Å². The molecule has 28 heavy (non-hydrogen) atoms. The first-order chi connectivity index (χ1) is 13.3. The second-order valence-corrected chi connectivity index (χ2v) is 7.40. The lowest BCUT2D eigenvalue weighted by Gasteiger charge is -2.17. The number of carbonyl (C=O) groups excluding carboxylic acids is 1. The quantitative estimate of drug-likeness (QED) is 0.721. The summed E-state index contributed by atoms with van der Waals surface area (Å²) in [6.45, 7) is 2.81. The van der Waals surface area contributed by atoms with E-state index in [-0.39, 0.29) is 12.3 Å². The average molecular weight is 393 g/mol. The molecule has 0 atom stereocenters. The molecule has 152 valence electrons. The molecule has 4 nitrogen and oxygen atoms in total. The Morgan fingerprint density at radius 3 is 2.50 bits per heavy atom. The van der Waals surface area contributed by atoms with Crippen LogP contribution in [-0.4, -0.2) is 34.2 Å². The molecule has 0 unspecified atom stereocenters. The lowest BCUT2D eigenvalue weighted by molar-refractivity contribution is -0.142. The number of halogens is 3. The highest BCUT2D eigenvalue weighted by molar-refractivity contribution is 5.78. The first kappa shape index (κ1) is 20.4. The molecule has 1 aliphatic rings. The molecule has 0 saturated carbocycles. The molecular weight excluding hydrogens is 367 g/mol. The van der Waals surface area contributed by atoms with Crippen LogP contribution in [0.5, 0.6) is 0 Å². The van der Waals surface area contributed by atoms with Crippen LogP contribution in [0.1, 0.15) is 55.1 Å². The Bertz CT molecular complexity index is 825. The van der Waals surface area contributed by atoms with E-state index in [1.165, 1.54) is 4.68 Å². The van der Waals surface area contributed by atoms with Crippen LogP contribution >= 0.6 is 0 Å². The summed E-state index contributed by atoms with van der Waals surface area (Å²) in [4.78, 5) is 14.0. The summed E-state index contributed by atoms with van der Waals surface area (Å²) in [5.74, 6) is 0.0389. The minimum atomic E-state index is -4.44. The molecule has 0 saturated heterocycles. The molecule has 1 heterocycles. The number of benzene rings is 1. The van der Waals surface area contributed by atoms with E-state index < -0.39 is 11.9 Å². The van der Waals surface area contributed by atoms with Gasteiger partial charge >= 0.3 is 6.18 Å². The van der Waals surface area contributed by atoms with Gasteiger partial charge in [0.25, 0.3) is 0 Å². The average Bonchev–Trinajstić information content (AvgIpc) is 3.07. The first-order valence-electron chi connectivity index (χ1n) is 9.82. The highest BCUT2D eigenvalue weighted by atomic mass is 19.4.